The van der Waals surface area contributed by atoms with E-state index in [9.17, 15) is 4.79 Å². The molecule has 2 aliphatic rings. The highest BCUT2D eigenvalue weighted by atomic mass is 16.7. The summed E-state index contributed by atoms with van der Waals surface area (Å²) in [7, 11) is 0. The van der Waals surface area contributed by atoms with Crippen LogP contribution in [0.25, 0.3) is 11.1 Å². The zero-order valence-corrected chi connectivity index (χ0v) is 16.4. The van der Waals surface area contributed by atoms with Gasteiger partial charge in [0.25, 0.3) is 5.91 Å². The van der Waals surface area contributed by atoms with Crippen LogP contribution in [0.3, 0.4) is 0 Å². The average molecular weight is 393 g/mol. The van der Waals surface area contributed by atoms with E-state index in [0.29, 0.717) is 30.2 Å². The van der Waals surface area contributed by atoms with E-state index in [1.54, 1.807) is 18.2 Å². The second kappa shape index (κ2) is 7.40. The zero-order valence-electron chi connectivity index (χ0n) is 16.4. The quantitative estimate of drug-likeness (QED) is 0.681. The van der Waals surface area contributed by atoms with Crippen LogP contribution in [-0.2, 0) is 6.54 Å². The molecule has 0 saturated carbocycles. The lowest BCUT2D eigenvalue weighted by Crippen LogP contribution is -2.35. The van der Waals surface area contributed by atoms with Gasteiger partial charge in [0.2, 0.25) is 12.7 Å². The molecule has 1 amide bonds. The Bertz CT molecular complexity index is 1060. The number of nitrogens with zero attached hydrogens (tertiary/aromatic N) is 3. The molecule has 3 aromatic rings. The molecule has 7 heteroatoms. The van der Waals surface area contributed by atoms with Crippen LogP contribution in [0.1, 0.15) is 28.2 Å². The van der Waals surface area contributed by atoms with Crippen molar-refractivity contribution >= 4 is 17.0 Å². The number of oxazole rings is 1. The van der Waals surface area contributed by atoms with Gasteiger partial charge in [-0.15, -0.1) is 0 Å². The maximum absolute atomic E-state index is 12.9. The molecule has 150 valence electrons. The Morgan fingerprint density at radius 1 is 1.03 bits per heavy atom. The molecule has 1 aromatic heterocycles. The summed E-state index contributed by atoms with van der Waals surface area (Å²) < 4.78 is 16.6. The van der Waals surface area contributed by atoms with Crippen LogP contribution >= 0.6 is 0 Å². The molecule has 7 nitrogen and oxygen atoms in total. The molecule has 1 fully saturated rings. The number of ether oxygens (including phenoxy) is 2. The van der Waals surface area contributed by atoms with Gasteiger partial charge in [0.1, 0.15) is 5.52 Å². The van der Waals surface area contributed by atoms with Gasteiger partial charge in [0, 0.05) is 31.7 Å². The van der Waals surface area contributed by atoms with Crippen LogP contribution < -0.4 is 9.47 Å². The molecular formula is C22H23N3O4. The van der Waals surface area contributed by atoms with E-state index in [1.807, 2.05) is 30.0 Å². The number of fused-ring (bicyclic) bond motifs is 2. The molecule has 2 aromatic carbocycles. The highest BCUT2D eigenvalue weighted by Gasteiger charge is 2.23. The molecule has 0 unspecified atom stereocenters. The Labute approximate surface area is 168 Å². The summed E-state index contributed by atoms with van der Waals surface area (Å²) in [5, 5.41) is 0. The molecule has 0 aliphatic carbocycles. The number of hydrogen-bond acceptors (Lipinski definition) is 6. The van der Waals surface area contributed by atoms with Crippen LogP contribution in [0.15, 0.2) is 40.8 Å². The van der Waals surface area contributed by atoms with Crippen LogP contribution in [-0.4, -0.2) is 53.7 Å². The van der Waals surface area contributed by atoms with Gasteiger partial charge in [-0.2, -0.15) is 0 Å². The molecule has 1 saturated heterocycles. The minimum atomic E-state index is 0.0301. The van der Waals surface area contributed by atoms with Gasteiger partial charge in [-0.05, 0) is 49.2 Å². The van der Waals surface area contributed by atoms with E-state index in [0.717, 1.165) is 48.6 Å². The third-order valence-electron chi connectivity index (χ3n) is 5.44. The Balaban J connectivity index is 1.24. The summed E-state index contributed by atoms with van der Waals surface area (Å²) in [5.74, 6) is 2.08. The van der Waals surface area contributed by atoms with Crippen molar-refractivity contribution in [3.05, 3.63) is 53.4 Å². The Hall–Kier alpha value is -3.06. The van der Waals surface area contributed by atoms with E-state index in [4.69, 9.17) is 13.9 Å². The van der Waals surface area contributed by atoms with Crippen LogP contribution in [0.2, 0.25) is 0 Å². The van der Waals surface area contributed by atoms with Crippen molar-refractivity contribution in [2.75, 3.05) is 33.0 Å². The Morgan fingerprint density at radius 3 is 2.86 bits per heavy atom. The molecular weight excluding hydrogens is 370 g/mol. The molecule has 5 rings (SSSR count). The van der Waals surface area contributed by atoms with Gasteiger partial charge in [0.15, 0.2) is 17.1 Å². The second-order valence-electron chi connectivity index (χ2n) is 7.57. The summed E-state index contributed by atoms with van der Waals surface area (Å²) in [6.07, 6.45) is 0.912. The van der Waals surface area contributed by atoms with E-state index in [2.05, 4.69) is 9.88 Å². The summed E-state index contributed by atoms with van der Waals surface area (Å²) in [5.41, 5.74) is 3.51. The molecule has 0 radical (unpaired) electrons. The highest BCUT2D eigenvalue weighted by molar-refractivity contribution is 5.95. The van der Waals surface area contributed by atoms with Crippen LogP contribution in [0.4, 0.5) is 0 Å². The number of rotatable bonds is 3. The number of hydrogen-bond donors (Lipinski definition) is 0. The molecule has 0 atom stereocenters. The van der Waals surface area contributed by atoms with E-state index in [1.165, 1.54) is 0 Å². The number of aromatic nitrogens is 1. The van der Waals surface area contributed by atoms with Crippen molar-refractivity contribution in [1.29, 1.82) is 0 Å². The first kappa shape index (κ1) is 18.0. The normalized spacial score (nSPS) is 16.9. The van der Waals surface area contributed by atoms with Gasteiger partial charge in [-0.1, -0.05) is 6.07 Å². The molecule has 3 heterocycles. The fourth-order valence-corrected chi connectivity index (χ4v) is 3.88. The molecule has 0 spiro atoms. The standard InChI is InChI=1S/C22H23N3O4/c1-15-3-5-17-19(11-15)29-21(23-17)13-24-7-2-8-25(10-9-24)22(26)16-4-6-18-20(12-16)28-14-27-18/h3-6,11-12H,2,7-10,13-14H2,1H3. The summed E-state index contributed by atoms with van der Waals surface area (Å²) in [6, 6.07) is 11.4. The SMILES string of the molecule is Cc1ccc2nc(CN3CCCN(C(=O)c4ccc5c(c4)OCO5)CC3)oc2c1. The smallest absolute Gasteiger partial charge is 0.254 e. The van der Waals surface area contributed by atoms with Crippen molar-refractivity contribution in [3.8, 4) is 11.5 Å². The van der Waals surface area contributed by atoms with Gasteiger partial charge < -0.3 is 18.8 Å². The predicted octanol–water partition coefficient (Wildman–Crippen LogP) is 3.21. The first-order valence-electron chi connectivity index (χ1n) is 9.93. The predicted molar refractivity (Wildman–Crippen MR) is 107 cm³/mol. The lowest BCUT2D eigenvalue weighted by atomic mass is 10.1. The maximum Gasteiger partial charge on any atom is 0.254 e. The molecule has 2 aliphatic heterocycles. The van der Waals surface area contributed by atoms with Crippen molar-refractivity contribution in [2.45, 2.75) is 19.9 Å². The number of benzene rings is 2. The van der Waals surface area contributed by atoms with E-state index in [-0.39, 0.29) is 12.7 Å². The topological polar surface area (TPSA) is 68.0 Å². The minimum Gasteiger partial charge on any atom is -0.454 e. The van der Waals surface area contributed by atoms with Gasteiger partial charge in [0.05, 0.1) is 6.54 Å². The van der Waals surface area contributed by atoms with E-state index >= 15 is 0 Å². The molecule has 29 heavy (non-hydrogen) atoms. The first-order valence-corrected chi connectivity index (χ1v) is 9.93. The number of amides is 1. The molecule has 0 bridgehead atoms. The van der Waals surface area contributed by atoms with Gasteiger partial charge >= 0.3 is 0 Å². The van der Waals surface area contributed by atoms with Gasteiger partial charge in [-0.3, -0.25) is 9.69 Å². The maximum atomic E-state index is 12.9. The van der Waals surface area contributed by atoms with Crippen molar-refractivity contribution in [3.63, 3.8) is 0 Å². The third kappa shape index (κ3) is 3.65. The number of aryl methyl sites for hydroxylation is 1. The Kier molecular flexibility index (Phi) is 4.60. The summed E-state index contributed by atoms with van der Waals surface area (Å²) in [6.45, 7) is 6.00. The number of carbonyl (C=O) groups excluding carboxylic acids is 1. The van der Waals surface area contributed by atoms with Crippen LogP contribution in [0, 0.1) is 6.92 Å². The molecule has 0 N–H and O–H groups in total. The summed E-state index contributed by atoms with van der Waals surface area (Å²) in [4.78, 5) is 21.8. The fraction of sp³-hybridized carbons (Fsp3) is 0.364. The fourth-order valence-electron chi connectivity index (χ4n) is 3.88. The average Bonchev–Trinajstić information content (AvgIpc) is 3.27. The third-order valence-corrected chi connectivity index (χ3v) is 5.44. The van der Waals surface area contributed by atoms with Crippen molar-refractivity contribution in [1.82, 2.24) is 14.8 Å². The van der Waals surface area contributed by atoms with Crippen molar-refractivity contribution in [2.24, 2.45) is 0 Å². The monoisotopic (exact) mass is 393 g/mol. The number of carbonyl (C=O) groups is 1. The lowest BCUT2D eigenvalue weighted by molar-refractivity contribution is 0.0760. The van der Waals surface area contributed by atoms with E-state index < -0.39 is 0 Å². The highest BCUT2D eigenvalue weighted by Crippen LogP contribution is 2.33. The largest absolute Gasteiger partial charge is 0.454 e. The Morgan fingerprint density at radius 2 is 1.93 bits per heavy atom. The lowest BCUT2D eigenvalue weighted by Gasteiger charge is -2.21. The minimum absolute atomic E-state index is 0.0301. The zero-order chi connectivity index (χ0) is 19.8. The second-order valence-corrected chi connectivity index (χ2v) is 7.57. The van der Waals surface area contributed by atoms with Gasteiger partial charge in [-0.25, -0.2) is 4.98 Å². The summed E-state index contributed by atoms with van der Waals surface area (Å²) >= 11 is 0. The van der Waals surface area contributed by atoms with Crippen LogP contribution in [0.5, 0.6) is 11.5 Å². The van der Waals surface area contributed by atoms with Crippen molar-refractivity contribution < 1.29 is 18.7 Å². The first-order chi connectivity index (χ1) is 14.2.